The second kappa shape index (κ2) is 14.6. The van der Waals surface area contributed by atoms with Crippen molar-refractivity contribution in [2.45, 2.75) is 33.3 Å². The molecule has 28 heavy (non-hydrogen) atoms. The smallest absolute Gasteiger partial charge is 0.191 e. The molecule has 1 aromatic carbocycles. The van der Waals surface area contributed by atoms with Crippen LogP contribution in [0.15, 0.2) is 35.5 Å². The van der Waals surface area contributed by atoms with Gasteiger partial charge in [0, 0.05) is 43.7 Å². The number of hydrogen-bond acceptors (Lipinski definition) is 5. The Hall–Kier alpha value is -1.39. The molecule has 0 atom stereocenters. The summed E-state index contributed by atoms with van der Waals surface area (Å²) in [5.41, 5.74) is 1.15. The number of aryl methyl sites for hydroxylation is 1. The lowest BCUT2D eigenvalue weighted by Crippen LogP contribution is -2.38. The van der Waals surface area contributed by atoms with Gasteiger partial charge in [-0.15, -0.1) is 35.3 Å². The average molecular weight is 518 g/mol. The molecule has 0 aliphatic rings. The van der Waals surface area contributed by atoms with E-state index in [0.29, 0.717) is 13.2 Å². The molecular weight excluding hydrogens is 487 g/mol. The number of ether oxygens (including phenoxy) is 2. The Kier molecular flexibility index (Phi) is 12.8. The van der Waals surface area contributed by atoms with Crippen molar-refractivity contribution in [3.05, 3.63) is 45.9 Å². The summed E-state index contributed by atoms with van der Waals surface area (Å²) < 4.78 is 10.9. The SMILES string of the molecule is CCNC(=NCCCOCc1ccc(OC)cc1)NCCc1ncc(C)s1.I. The van der Waals surface area contributed by atoms with Gasteiger partial charge >= 0.3 is 0 Å². The van der Waals surface area contributed by atoms with E-state index in [2.05, 4.69) is 34.5 Å². The molecule has 0 amide bonds. The first-order valence-corrected chi connectivity index (χ1v) is 10.2. The van der Waals surface area contributed by atoms with Gasteiger partial charge in [0.1, 0.15) is 5.75 Å². The molecule has 0 spiro atoms. The lowest BCUT2D eigenvalue weighted by atomic mass is 10.2. The fourth-order valence-electron chi connectivity index (χ4n) is 2.42. The Labute approximate surface area is 189 Å². The molecule has 0 saturated heterocycles. The molecular formula is C20H31IN4O2S. The van der Waals surface area contributed by atoms with Crippen molar-refractivity contribution in [3.63, 3.8) is 0 Å². The number of hydrogen-bond donors (Lipinski definition) is 2. The van der Waals surface area contributed by atoms with Gasteiger partial charge in [0.15, 0.2) is 5.96 Å². The molecule has 2 N–H and O–H groups in total. The highest BCUT2D eigenvalue weighted by atomic mass is 127. The summed E-state index contributed by atoms with van der Waals surface area (Å²) in [5.74, 6) is 1.71. The van der Waals surface area contributed by atoms with E-state index < -0.39 is 0 Å². The van der Waals surface area contributed by atoms with Crippen molar-refractivity contribution in [1.82, 2.24) is 15.6 Å². The molecule has 156 valence electrons. The van der Waals surface area contributed by atoms with Gasteiger partial charge in [-0.2, -0.15) is 0 Å². The predicted molar refractivity (Wildman–Crippen MR) is 127 cm³/mol. The number of nitrogens with zero attached hydrogens (tertiary/aromatic N) is 2. The number of methoxy groups -OCH3 is 1. The molecule has 0 aliphatic carbocycles. The minimum atomic E-state index is 0. The predicted octanol–water partition coefficient (Wildman–Crippen LogP) is 3.78. The van der Waals surface area contributed by atoms with Crippen LogP contribution in [0.5, 0.6) is 5.75 Å². The Morgan fingerprint density at radius 2 is 2.00 bits per heavy atom. The van der Waals surface area contributed by atoms with E-state index in [9.17, 15) is 0 Å². The summed E-state index contributed by atoms with van der Waals surface area (Å²) in [7, 11) is 1.67. The van der Waals surface area contributed by atoms with Gasteiger partial charge < -0.3 is 20.1 Å². The maximum Gasteiger partial charge on any atom is 0.191 e. The fraction of sp³-hybridized carbons (Fsp3) is 0.500. The van der Waals surface area contributed by atoms with Crippen LogP contribution in [0.3, 0.4) is 0 Å². The zero-order valence-corrected chi connectivity index (χ0v) is 20.0. The summed E-state index contributed by atoms with van der Waals surface area (Å²) in [6, 6.07) is 7.94. The summed E-state index contributed by atoms with van der Waals surface area (Å²) in [6.45, 7) is 7.85. The fourth-order valence-corrected chi connectivity index (χ4v) is 3.20. The highest BCUT2D eigenvalue weighted by Gasteiger charge is 2.01. The average Bonchev–Trinajstić information content (AvgIpc) is 3.10. The van der Waals surface area contributed by atoms with E-state index in [1.807, 2.05) is 30.5 Å². The molecule has 0 saturated carbocycles. The molecule has 8 heteroatoms. The van der Waals surface area contributed by atoms with Crippen LogP contribution in [0.1, 0.15) is 28.8 Å². The van der Waals surface area contributed by atoms with Gasteiger partial charge in [-0.1, -0.05) is 12.1 Å². The quantitative estimate of drug-likeness (QED) is 0.205. The van der Waals surface area contributed by atoms with E-state index in [0.717, 1.165) is 54.8 Å². The Balaban J connectivity index is 0.00000392. The van der Waals surface area contributed by atoms with Crippen LogP contribution in [0.4, 0.5) is 0 Å². The van der Waals surface area contributed by atoms with Crippen molar-refractivity contribution >= 4 is 41.3 Å². The first-order valence-electron chi connectivity index (χ1n) is 9.35. The van der Waals surface area contributed by atoms with Crippen LogP contribution in [0, 0.1) is 6.92 Å². The number of nitrogens with one attached hydrogen (secondary N) is 2. The third kappa shape index (κ3) is 9.70. The standard InChI is InChI=1S/C20H30N4O2S.HI/c1-4-21-20(23-12-10-19-24-14-16(2)27-19)22-11-5-13-26-15-17-6-8-18(25-3)9-7-17;/h6-9,14H,4-5,10-13,15H2,1-3H3,(H2,21,22,23);1H. The van der Waals surface area contributed by atoms with Crippen molar-refractivity contribution in [2.24, 2.45) is 4.99 Å². The molecule has 0 bridgehead atoms. The third-order valence-corrected chi connectivity index (χ3v) is 4.76. The maximum atomic E-state index is 5.72. The zero-order chi connectivity index (χ0) is 19.3. The monoisotopic (exact) mass is 518 g/mol. The summed E-state index contributed by atoms with van der Waals surface area (Å²) in [5, 5.41) is 7.79. The van der Waals surface area contributed by atoms with Crippen LogP contribution in [-0.2, 0) is 17.8 Å². The van der Waals surface area contributed by atoms with Crippen LogP contribution < -0.4 is 15.4 Å². The molecule has 0 fully saturated rings. The van der Waals surface area contributed by atoms with Gasteiger partial charge in [0.2, 0.25) is 0 Å². The first-order chi connectivity index (χ1) is 13.2. The second-order valence-electron chi connectivity index (χ2n) is 6.06. The molecule has 0 radical (unpaired) electrons. The van der Waals surface area contributed by atoms with Crippen molar-refractivity contribution in [3.8, 4) is 5.75 Å². The van der Waals surface area contributed by atoms with E-state index in [-0.39, 0.29) is 24.0 Å². The van der Waals surface area contributed by atoms with E-state index >= 15 is 0 Å². The lowest BCUT2D eigenvalue weighted by molar-refractivity contribution is 0.120. The van der Waals surface area contributed by atoms with E-state index in [1.54, 1.807) is 18.4 Å². The van der Waals surface area contributed by atoms with Crippen LogP contribution in [0.25, 0.3) is 0 Å². The molecule has 1 heterocycles. The molecule has 2 aromatic rings. The van der Waals surface area contributed by atoms with E-state index in [4.69, 9.17) is 9.47 Å². The van der Waals surface area contributed by atoms with Gasteiger partial charge in [-0.25, -0.2) is 4.98 Å². The number of halogens is 1. The van der Waals surface area contributed by atoms with Gasteiger partial charge in [-0.3, -0.25) is 4.99 Å². The number of aliphatic imine (C=N–C) groups is 1. The Morgan fingerprint density at radius 1 is 1.21 bits per heavy atom. The van der Waals surface area contributed by atoms with Gasteiger partial charge in [0.05, 0.1) is 18.7 Å². The lowest BCUT2D eigenvalue weighted by Gasteiger charge is -2.10. The van der Waals surface area contributed by atoms with Gasteiger partial charge in [0.25, 0.3) is 0 Å². The topological polar surface area (TPSA) is 67.8 Å². The number of thiazole rings is 1. The van der Waals surface area contributed by atoms with E-state index in [1.165, 1.54) is 4.88 Å². The first kappa shape index (κ1) is 24.6. The number of aromatic nitrogens is 1. The zero-order valence-electron chi connectivity index (χ0n) is 16.9. The number of benzene rings is 1. The van der Waals surface area contributed by atoms with Crippen LogP contribution >= 0.6 is 35.3 Å². The minimum Gasteiger partial charge on any atom is -0.497 e. The number of rotatable bonds is 11. The molecule has 6 nitrogen and oxygen atoms in total. The highest BCUT2D eigenvalue weighted by molar-refractivity contribution is 14.0. The normalized spacial score (nSPS) is 11.0. The summed E-state index contributed by atoms with van der Waals surface area (Å²) in [6.07, 6.45) is 3.72. The van der Waals surface area contributed by atoms with Crippen LogP contribution in [-0.4, -0.2) is 44.3 Å². The van der Waals surface area contributed by atoms with Crippen molar-refractivity contribution in [1.29, 1.82) is 0 Å². The second-order valence-corrected chi connectivity index (χ2v) is 7.38. The minimum absolute atomic E-state index is 0. The van der Waals surface area contributed by atoms with Crippen molar-refractivity contribution in [2.75, 3.05) is 33.4 Å². The molecule has 0 aliphatic heterocycles. The van der Waals surface area contributed by atoms with Gasteiger partial charge in [-0.05, 0) is 38.0 Å². The third-order valence-electron chi connectivity index (χ3n) is 3.79. The number of guanidine groups is 1. The molecule has 2 rings (SSSR count). The summed E-state index contributed by atoms with van der Waals surface area (Å²) in [4.78, 5) is 10.2. The molecule has 0 unspecified atom stereocenters. The maximum absolute atomic E-state index is 5.72. The largest absolute Gasteiger partial charge is 0.497 e. The highest BCUT2D eigenvalue weighted by Crippen LogP contribution is 2.12. The van der Waals surface area contributed by atoms with Crippen LogP contribution in [0.2, 0.25) is 0 Å². The summed E-state index contributed by atoms with van der Waals surface area (Å²) >= 11 is 1.74. The Morgan fingerprint density at radius 3 is 2.64 bits per heavy atom. The Bertz CT molecular complexity index is 692. The molecule has 1 aromatic heterocycles. The van der Waals surface area contributed by atoms with Crippen molar-refractivity contribution < 1.29 is 9.47 Å².